The fraction of sp³-hybridized carbons (Fsp3) is 0.280. The predicted molar refractivity (Wildman–Crippen MR) is 477 cm³/mol. The van der Waals surface area contributed by atoms with Gasteiger partial charge < -0.3 is 9.13 Å². The van der Waals surface area contributed by atoms with Gasteiger partial charge in [-0.05, 0) is 270 Å². The standard InChI is InChI=1S/C107H100BN3/c1-101(2,3)69-39-44-90-79(58-69)80-59-70(102(4,5)6)60-88-99(80)110(90)92-56-68(57-93-97(92)108(88)87-55-67(72-31-21-20-30-71(72)62-27-18-17-19-28-62)52-81-96-91(111(93)100(81)87)45-40-77-75-34-23-22-32-73(75)74-33-24-25-35-76(74)95(77)96)94-78(63-36-42-83-85(53-63)106(13,14)49-47-104(83,9)10)61-89(65-37-43-84-86(54-65)107(15,16)50-48-105(84,11)12)109-98(94)66-38-41-82-64(51-66)29-26-46-103(82,7)8/h17-25,27-28,30-45,51-61H,26,29,46-50H2,1-16H3. The predicted octanol–water partition coefficient (Wildman–Crippen LogP) is 26.8. The molecule has 16 aromatic rings. The Hall–Kier alpha value is -10.5. The molecule has 0 radical (unpaired) electrons. The van der Waals surface area contributed by atoms with Crippen molar-refractivity contribution in [1.29, 1.82) is 0 Å². The molecule has 0 saturated carbocycles. The Labute approximate surface area is 655 Å². The number of nitrogens with zero attached hydrogens (tertiary/aromatic N) is 3. The molecule has 0 fully saturated rings. The van der Waals surface area contributed by atoms with E-state index in [1.807, 2.05) is 0 Å². The molecule has 3 nitrogen and oxygen atoms in total. The van der Waals surface area contributed by atoms with Gasteiger partial charge in [0.2, 0.25) is 0 Å². The highest BCUT2D eigenvalue weighted by Crippen LogP contribution is 2.55. The van der Waals surface area contributed by atoms with Crippen LogP contribution < -0.4 is 16.4 Å². The third kappa shape index (κ3) is 10.1. The van der Waals surface area contributed by atoms with E-state index in [9.17, 15) is 0 Å². The van der Waals surface area contributed by atoms with Crippen molar-refractivity contribution < 1.29 is 0 Å². The SMILES string of the molecule is CC(C)(C)c1ccc2c(c1)c1cc(C(C)(C)C)cc3c1n2-c1cc(-c2c(-c4ccc5c(c4)C(C)(C)CCC5(C)C)cc(-c4ccc5c(c4)C(C)(C)CCC5(C)C)nc2-c2ccc4c(c2)CCCC4(C)C)cc2c1B3c1cc(-c3ccccc3-c3ccccc3)cc3c4c5c6ccccc6c6ccccc6c5ccc4n-2c13. The molecule has 5 heterocycles. The molecule has 0 atom stereocenters. The average molecular weight is 1440 g/mol. The van der Waals surface area contributed by atoms with Crippen LogP contribution in [0.2, 0.25) is 0 Å². The molecular weight excluding hydrogens is 1340 g/mol. The lowest BCUT2D eigenvalue weighted by Crippen LogP contribution is -2.59. The molecule has 0 N–H and O–H groups in total. The van der Waals surface area contributed by atoms with Crippen LogP contribution >= 0.6 is 0 Å². The Bertz CT molecular complexity index is 6740. The van der Waals surface area contributed by atoms with Gasteiger partial charge in [-0.2, -0.15) is 0 Å². The first-order valence-electron chi connectivity index (χ1n) is 41.3. The summed E-state index contributed by atoms with van der Waals surface area (Å²) in [6.45, 7) is 38.9. The van der Waals surface area contributed by atoms with Gasteiger partial charge in [-0.25, -0.2) is 4.98 Å². The summed E-state index contributed by atoms with van der Waals surface area (Å²) in [4.78, 5) is 6.37. The molecule has 21 rings (SSSR count). The van der Waals surface area contributed by atoms with E-state index in [1.54, 1.807) is 0 Å². The largest absolute Gasteiger partial charge is 0.310 e. The second-order valence-electron chi connectivity index (χ2n) is 39.5. The fourth-order valence-corrected chi connectivity index (χ4v) is 21.7. The third-order valence-corrected chi connectivity index (χ3v) is 28.2. The van der Waals surface area contributed by atoms with Gasteiger partial charge in [0.1, 0.15) is 0 Å². The van der Waals surface area contributed by atoms with Gasteiger partial charge in [0, 0.05) is 66.0 Å². The highest BCUT2D eigenvalue weighted by molar-refractivity contribution is 7.00. The fourth-order valence-electron chi connectivity index (χ4n) is 21.7. The Morgan fingerprint density at radius 1 is 0.333 bits per heavy atom. The second-order valence-corrected chi connectivity index (χ2v) is 39.5. The van der Waals surface area contributed by atoms with E-state index in [-0.39, 0.29) is 44.6 Å². The number of pyridine rings is 1. The Morgan fingerprint density at radius 2 is 0.847 bits per heavy atom. The van der Waals surface area contributed by atoms with E-state index in [0.717, 1.165) is 55.5 Å². The van der Waals surface area contributed by atoms with E-state index in [0.29, 0.717) is 0 Å². The van der Waals surface area contributed by atoms with Gasteiger partial charge in [-0.15, -0.1) is 0 Å². The molecule has 0 unspecified atom stereocenters. The number of benzene rings is 13. The van der Waals surface area contributed by atoms with E-state index in [4.69, 9.17) is 4.98 Å². The van der Waals surface area contributed by atoms with Crippen LogP contribution in [0, 0.1) is 0 Å². The molecule has 0 amide bonds. The number of aromatic nitrogens is 3. The third-order valence-electron chi connectivity index (χ3n) is 28.2. The zero-order valence-corrected chi connectivity index (χ0v) is 67.8. The van der Waals surface area contributed by atoms with Crippen molar-refractivity contribution in [3.63, 3.8) is 0 Å². The molecule has 546 valence electrons. The normalized spacial score (nSPS) is 16.9. The van der Waals surface area contributed by atoms with Gasteiger partial charge >= 0.3 is 0 Å². The molecule has 0 bridgehead atoms. The summed E-state index contributed by atoms with van der Waals surface area (Å²) in [6, 6.07) is 92.2. The van der Waals surface area contributed by atoms with Crippen molar-refractivity contribution in [2.45, 2.75) is 194 Å². The highest BCUT2D eigenvalue weighted by atomic mass is 15.0. The lowest BCUT2D eigenvalue weighted by molar-refractivity contribution is 0.332. The van der Waals surface area contributed by atoms with Crippen LogP contribution in [0.3, 0.4) is 0 Å². The van der Waals surface area contributed by atoms with E-state index >= 15 is 0 Å². The first-order valence-corrected chi connectivity index (χ1v) is 41.3. The first kappa shape index (κ1) is 68.5. The van der Waals surface area contributed by atoms with Crippen molar-refractivity contribution in [2.24, 2.45) is 0 Å². The highest BCUT2D eigenvalue weighted by Gasteiger charge is 2.45. The van der Waals surface area contributed by atoms with Crippen molar-refractivity contribution >= 4 is 99.0 Å². The van der Waals surface area contributed by atoms with Crippen LogP contribution in [0.4, 0.5) is 0 Å². The summed E-state index contributed by atoms with van der Waals surface area (Å²) < 4.78 is 5.52. The molecule has 3 aliphatic carbocycles. The molecule has 0 spiro atoms. The van der Waals surface area contributed by atoms with Crippen LogP contribution in [0.15, 0.2) is 231 Å². The lowest BCUT2D eigenvalue weighted by Gasteiger charge is -2.42. The summed E-state index contributed by atoms with van der Waals surface area (Å²) in [6.07, 6.45) is 7.94. The topological polar surface area (TPSA) is 22.8 Å². The molecule has 4 heteroatoms. The summed E-state index contributed by atoms with van der Waals surface area (Å²) in [7, 11) is 0. The molecule has 0 saturated heterocycles. The molecule has 3 aromatic heterocycles. The Kier molecular flexibility index (Phi) is 14.4. The summed E-state index contributed by atoms with van der Waals surface area (Å²) in [5.41, 5.74) is 36.8. The molecular formula is C107H100BN3. The zero-order valence-electron chi connectivity index (χ0n) is 67.8. The minimum absolute atomic E-state index is 0.000376. The second kappa shape index (κ2) is 23.3. The Balaban J connectivity index is 0.969. The number of aryl methyl sites for hydroxylation is 1. The van der Waals surface area contributed by atoms with Gasteiger partial charge in [-0.3, -0.25) is 0 Å². The lowest BCUT2D eigenvalue weighted by atomic mass is 9.34. The minimum atomic E-state index is -0.173. The van der Waals surface area contributed by atoms with Gasteiger partial charge in [0.25, 0.3) is 6.71 Å². The quantitative estimate of drug-likeness (QED) is 0.120. The van der Waals surface area contributed by atoms with E-state index < -0.39 is 0 Å². The molecule has 2 aliphatic heterocycles. The number of rotatable bonds is 6. The van der Waals surface area contributed by atoms with Gasteiger partial charge in [0.05, 0.1) is 22.4 Å². The summed E-state index contributed by atoms with van der Waals surface area (Å²) in [5, 5.41) is 12.9. The van der Waals surface area contributed by atoms with E-state index in [2.05, 4.69) is 350 Å². The van der Waals surface area contributed by atoms with Crippen LogP contribution in [-0.2, 0) is 44.3 Å². The number of fused-ring (bicyclic) bond motifs is 20. The smallest absolute Gasteiger partial charge is 0.252 e. The zero-order chi connectivity index (χ0) is 76.3. The Morgan fingerprint density at radius 3 is 1.50 bits per heavy atom. The molecule has 5 aliphatic rings. The maximum Gasteiger partial charge on any atom is 0.252 e. The van der Waals surface area contributed by atoms with Crippen LogP contribution in [-0.4, -0.2) is 20.8 Å². The van der Waals surface area contributed by atoms with Crippen LogP contribution in [0.1, 0.15) is 194 Å². The minimum Gasteiger partial charge on any atom is -0.310 e. The monoisotopic (exact) mass is 1440 g/mol. The summed E-state index contributed by atoms with van der Waals surface area (Å²) in [5.74, 6) is 0. The van der Waals surface area contributed by atoms with Crippen molar-refractivity contribution in [1.82, 2.24) is 14.1 Å². The van der Waals surface area contributed by atoms with Crippen LogP contribution in [0.25, 0.3) is 154 Å². The maximum absolute atomic E-state index is 6.37. The molecule has 13 aromatic carbocycles. The van der Waals surface area contributed by atoms with Gasteiger partial charge in [0.15, 0.2) is 0 Å². The first-order chi connectivity index (χ1) is 53.0. The molecule has 111 heavy (non-hydrogen) atoms. The van der Waals surface area contributed by atoms with Crippen molar-refractivity contribution in [3.05, 3.63) is 275 Å². The number of hydrogen-bond donors (Lipinski definition) is 0. The average Bonchev–Trinajstić information content (AvgIpc) is 1.52. The maximum atomic E-state index is 6.37. The van der Waals surface area contributed by atoms with Crippen molar-refractivity contribution in [3.8, 4) is 78.4 Å². The van der Waals surface area contributed by atoms with Crippen LogP contribution in [0.5, 0.6) is 0 Å². The number of hydrogen-bond acceptors (Lipinski definition) is 1. The summed E-state index contributed by atoms with van der Waals surface area (Å²) >= 11 is 0. The van der Waals surface area contributed by atoms with E-state index in [1.165, 1.54) is 205 Å². The van der Waals surface area contributed by atoms with Crippen molar-refractivity contribution in [2.75, 3.05) is 0 Å². The van der Waals surface area contributed by atoms with Gasteiger partial charge in [-0.1, -0.05) is 281 Å².